The van der Waals surface area contributed by atoms with Gasteiger partial charge in [0.2, 0.25) is 0 Å². The number of imidazole rings is 1. The number of H-pyrrole nitrogens is 1. The topological polar surface area (TPSA) is 19.7 Å². The number of unbranched alkanes of at least 4 members (excludes halogenated alkanes) is 22. The number of nitrogens with zero attached hydrogens (tertiary/aromatic N) is 1. The summed E-state index contributed by atoms with van der Waals surface area (Å²) in [5.74, 6) is 2.24. The molecule has 0 fully saturated rings. The molecule has 0 radical (unpaired) electrons. The van der Waals surface area contributed by atoms with Crippen LogP contribution in [0.4, 0.5) is 0 Å². The van der Waals surface area contributed by atoms with Gasteiger partial charge in [0.1, 0.15) is 12.4 Å². The molecule has 2 atom stereocenters. The lowest BCUT2D eigenvalue weighted by atomic mass is 9.93. The lowest BCUT2D eigenvalue weighted by Crippen LogP contribution is -2.41. The van der Waals surface area contributed by atoms with Crippen molar-refractivity contribution in [3.05, 3.63) is 18.2 Å². The van der Waals surface area contributed by atoms with Crippen molar-refractivity contribution in [1.29, 1.82) is 0 Å². The Morgan fingerprint density at radius 1 is 0.487 bits per heavy atom. The monoisotopic (exact) mass is 546 g/mol. The lowest BCUT2D eigenvalue weighted by molar-refractivity contribution is -0.727. The van der Waals surface area contributed by atoms with Gasteiger partial charge in [0.25, 0.3) is 5.82 Å². The van der Waals surface area contributed by atoms with Crippen molar-refractivity contribution in [2.45, 2.75) is 219 Å². The highest BCUT2D eigenvalue weighted by atomic mass is 15.1. The van der Waals surface area contributed by atoms with E-state index in [1.54, 1.807) is 0 Å². The van der Waals surface area contributed by atoms with Crippen molar-refractivity contribution in [1.82, 2.24) is 4.98 Å². The number of aromatic nitrogens is 2. The third-order valence-electron chi connectivity index (χ3n) is 9.14. The first-order valence-corrected chi connectivity index (χ1v) is 18.3. The van der Waals surface area contributed by atoms with E-state index >= 15 is 0 Å². The van der Waals surface area contributed by atoms with Crippen molar-refractivity contribution >= 4 is 0 Å². The summed E-state index contributed by atoms with van der Waals surface area (Å²) in [6.45, 7) is 9.40. The second-order valence-electron chi connectivity index (χ2n) is 12.9. The lowest BCUT2D eigenvalue weighted by Gasteiger charge is -2.17. The van der Waals surface area contributed by atoms with Crippen LogP contribution in [0.2, 0.25) is 0 Å². The smallest absolute Gasteiger partial charge is 0.247 e. The van der Waals surface area contributed by atoms with E-state index in [4.69, 9.17) is 0 Å². The van der Waals surface area contributed by atoms with E-state index in [0.717, 1.165) is 0 Å². The number of nitrogens with one attached hydrogen (secondary N) is 1. The van der Waals surface area contributed by atoms with Gasteiger partial charge in [-0.15, -0.1) is 0 Å². The molecule has 0 bridgehead atoms. The Morgan fingerprint density at radius 2 is 0.821 bits per heavy atom. The SMILES string of the molecule is CCCCCCCCCCCCCCCCC(CCCCCC)c1[nH]cc[n+]1C(C)CCCCCCCCC. The predicted octanol–water partition coefficient (Wildman–Crippen LogP) is 12.9. The van der Waals surface area contributed by atoms with Crippen molar-refractivity contribution < 1.29 is 4.57 Å². The Hall–Kier alpha value is -0.790. The average Bonchev–Trinajstić information content (AvgIpc) is 3.44. The molecule has 2 nitrogen and oxygen atoms in total. The molecule has 0 amide bonds. The predicted molar refractivity (Wildman–Crippen MR) is 175 cm³/mol. The van der Waals surface area contributed by atoms with Crippen LogP contribution in [-0.4, -0.2) is 4.98 Å². The molecular formula is C37H73N2+. The first kappa shape index (κ1) is 36.2. The molecule has 0 aliphatic rings. The summed E-state index contributed by atoms with van der Waals surface area (Å²) in [6.07, 6.45) is 44.2. The molecule has 0 aliphatic carbocycles. The minimum absolute atomic E-state index is 0.622. The third kappa shape index (κ3) is 19.8. The van der Waals surface area contributed by atoms with Gasteiger partial charge in [0, 0.05) is 0 Å². The van der Waals surface area contributed by atoms with Gasteiger partial charge in [-0.2, -0.15) is 0 Å². The van der Waals surface area contributed by atoms with Crippen LogP contribution in [0.5, 0.6) is 0 Å². The van der Waals surface area contributed by atoms with E-state index in [-0.39, 0.29) is 0 Å². The number of aromatic amines is 1. The first-order valence-electron chi connectivity index (χ1n) is 18.3. The highest BCUT2D eigenvalue weighted by Crippen LogP contribution is 2.27. The Morgan fingerprint density at radius 3 is 1.23 bits per heavy atom. The molecule has 0 saturated carbocycles. The molecule has 1 aromatic rings. The normalized spacial score (nSPS) is 13.2. The second kappa shape index (κ2) is 27.4. The highest BCUT2D eigenvalue weighted by molar-refractivity contribution is 4.90. The van der Waals surface area contributed by atoms with Crippen LogP contribution < -0.4 is 4.57 Å². The summed E-state index contributed by atoms with van der Waals surface area (Å²) in [5.41, 5.74) is 0. The molecule has 0 aliphatic heterocycles. The van der Waals surface area contributed by atoms with Gasteiger partial charge in [-0.05, 0) is 32.6 Å². The number of rotatable bonds is 30. The summed E-state index contributed by atoms with van der Waals surface area (Å²) in [6, 6.07) is 0.622. The third-order valence-corrected chi connectivity index (χ3v) is 9.14. The Kier molecular flexibility index (Phi) is 25.4. The van der Waals surface area contributed by atoms with Crippen LogP contribution >= 0.6 is 0 Å². The number of hydrogen-bond acceptors (Lipinski definition) is 0. The minimum Gasteiger partial charge on any atom is -0.247 e. The molecule has 2 unspecified atom stereocenters. The standard InChI is InChI=1S/C37H72N2/c1-5-8-11-14-16-17-18-19-20-21-22-24-26-29-32-36(31-28-13-10-7-3)37-38-33-34-39(37)35(4)30-27-25-23-15-12-9-6-2/h33-36H,5-32H2,1-4H3/p+1. The largest absolute Gasteiger partial charge is 0.257 e. The Bertz CT molecular complexity index is 606. The van der Waals surface area contributed by atoms with Gasteiger partial charge >= 0.3 is 0 Å². The maximum absolute atomic E-state index is 3.71. The van der Waals surface area contributed by atoms with Crippen molar-refractivity contribution in [3.63, 3.8) is 0 Å². The second-order valence-corrected chi connectivity index (χ2v) is 12.9. The van der Waals surface area contributed by atoms with Crippen LogP contribution in [0.15, 0.2) is 12.4 Å². The van der Waals surface area contributed by atoms with E-state index in [0.29, 0.717) is 12.0 Å². The molecular weight excluding hydrogens is 472 g/mol. The first-order chi connectivity index (χ1) is 19.2. The zero-order valence-corrected chi connectivity index (χ0v) is 27.6. The number of hydrogen-bond donors (Lipinski definition) is 1. The fraction of sp³-hybridized carbons (Fsp3) is 0.919. The zero-order valence-electron chi connectivity index (χ0n) is 27.6. The fourth-order valence-electron chi connectivity index (χ4n) is 6.43. The molecule has 1 rings (SSSR count). The van der Waals surface area contributed by atoms with Crippen LogP contribution in [0.1, 0.15) is 225 Å². The van der Waals surface area contributed by atoms with E-state index in [1.807, 2.05) is 0 Å². The average molecular weight is 546 g/mol. The molecule has 39 heavy (non-hydrogen) atoms. The summed E-state index contributed by atoms with van der Waals surface area (Å²) in [4.78, 5) is 3.71. The zero-order chi connectivity index (χ0) is 28.2. The summed E-state index contributed by atoms with van der Waals surface area (Å²) in [7, 11) is 0. The van der Waals surface area contributed by atoms with E-state index in [9.17, 15) is 0 Å². The highest BCUT2D eigenvalue weighted by Gasteiger charge is 2.25. The fourth-order valence-corrected chi connectivity index (χ4v) is 6.43. The molecule has 0 saturated heterocycles. The van der Waals surface area contributed by atoms with Crippen LogP contribution in [0, 0.1) is 0 Å². The van der Waals surface area contributed by atoms with Gasteiger partial charge in [-0.1, -0.05) is 175 Å². The van der Waals surface area contributed by atoms with Gasteiger partial charge in [-0.3, -0.25) is 0 Å². The maximum atomic E-state index is 3.71. The summed E-state index contributed by atoms with van der Waals surface area (Å²) in [5, 5.41) is 0. The van der Waals surface area contributed by atoms with Gasteiger partial charge in [-0.25, -0.2) is 9.55 Å². The maximum Gasteiger partial charge on any atom is 0.257 e. The van der Waals surface area contributed by atoms with E-state index in [2.05, 4.69) is 49.6 Å². The summed E-state index contributed by atoms with van der Waals surface area (Å²) >= 11 is 0. The van der Waals surface area contributed by atoms with Crippen molar-refractivity contribution in [3.8, 4) is 0 Å². The molecule has 2 heteroatoms. The van der Waals surface area contributed by atoms with Crippen LogP contribution in [0.3, 0.4) is 0 Å². The van der Waals surface area contributed by atoms with Crippen LogP contribution in [-0.2, 0) is 0 Å². The molecule has 1 aromatic heterocycles. The van der Waals surface area contributed by atoms with E-state index in [1.165, 1.54) is 186 Å². The molecule has 1 N–H and O–H groups in total. The van der Waals surface area contributed by atoms with E-state index < -0.39 is 0 Å². The van der Waals surface area contributed by atoms with Crippen molar-refractivity contribution in [2.75, 3.05) is 0 Å². The van der Waals surface area contributed by atoms with Gasteiger partial charge in [0.15, 0.2) is 0 Å². The quantitative estimate of drug-likeness (QED) is 0.0732. The molecule has 1 heterocycles. The Labute approximate surface area is 246 Å². The molecule has 0 aromatic carbocycles. The van der Waals surface area contributed by atoms with Gasteiger partial charge in [0.05, 0.1) is 12.0 Å². The molecule has 0 spiro atoms. The minimum atomic E-state index is 0.622. The molecule has 230 valence electrons. The van der Waals surface area contributed by atoms with Crippen LogP contribution in [0.25, 0.3) is 0 Å². The summed E-state index contributed by atoms with van der Waals surface area (Å²) < 4.78 is 2.62. The van der Waals surface area contributed by atoms with Gasteiger partial charge < -0.3 is 0 Å². The van der Waals surface area contributed by atoms with Crippen molar-refractivity contribution in [2.24, 2.45) is 0 Å². The Balaban J connectivity index is 2.31.